The van der Waals surface area contributed by atoms with Gasteiger partial charge in [0.05, 0.1) is 0 Å². The Labute approximate surface area is 120 Å². The molecule has 1 N–H and O–H groups in total. The molecule has 3 heteroatoms. The molecule has 0 saturated heterocycles. The number of rotatable bonds is 5. The highest BCUT2D eigenvalue weighted by atomic mass is 19.1. The third-order valence-electron chi connectivity index (χ3n) is 4.69. The lowest BCUT2D eigenvalue weighted by Crippen LogP contribution is -2.29. The molecular weight excluding hydrogens is 256 g/mol. The fourth-order valence-electron chi connectivity index (χ4n) is 3.15. The van der Waals surface area contributed by atoms with Crippen LogP contribution in [0.25, 0.3) is 0 Å². The zero-order valence-corrected chi connectivity index (χ0v) is 12.5. The van der Waals surface area contributed by atoms with Crippen molar-refractivity contribution in [2.24, 2.45) is 11.8 Å². The van der Waals surface area contributed by atoms with E-state index in [4.69, 9.17) is 0 Å². The molecule has 1 aliphatic carbocycles. The SMILES string of the molecule is CCC1CCC(CNC(C)c2ccc(F)cc2F)CC1. The number of halogens is 2. The smallest absolute Gasteiger partial charge is 0.130 e. The first-order chi connectivity index (χ1) is 9.60. The normalized spacial score (nSPS) is 24.6. The van der Waals surface area contributed by atoms with Gasteiger partial charge in [-0.2, -0.15) is 0 Å². The molecule has 112 valence electrons. The van der Waals surface area contributed by atoms with Crippen LogP contribution in [-0.4, -0.2) is 6.54 Å². The van der Waals surface area contributed by atoms with E-state index in [1.807, 2.05) is 6.92 Å². The lowest BCUT2D eigenvalue weighted by Gasteiger charge is -2.29. The Kier molecular flexibility index (Phi) is 5.53. The minimum absolute atomic E-state index is 0.0699. The Bertz CT molecular complexity index is 425. The Morgan fingerprint density at radius 2 is 1.80 bits per heavy atom. The molecule has 0 radical (unpaired) electrons. The van der Waals surface area contributed by atoms with Crippen molar-refractivity contribution < 1.29 is 8.78 Å². The first kappa shape index (κ1) is 15.4. The van der Waals surface area contributed by atoms with E-state index in [1.54, 1.807) is 0 Å². The summed E-state index contributed by atoms with van der Waals surface area (Å²) in [5, 5.41) is 3.40. The number of benzene rings is 1. The Balaban J connectivity index is 1.82. The molecule has 1 nitrogen and oxygen atoms in total. The summed E-state index contributed by atoms with van der Waals surface area (Å²) in [4.78, 5) is 0. The van der Waals surface area contributed by atoms with Crippen LogP contribution in [0.2, 0.25) is 0 Å². The van der Waals surface area contributed by atoms with Crippen molar-refractivity contribution >= 4 is 0 Å². The van der Waals surface area contributed by atoms with E-state index in [9.17, 15) is 8.78 Å². The number of hydrogen-bond acceptors (Lipinski definition) is 1. The second-order valence-electron chi connectivity index (χ2n) is 6.09. The first-order valence-electron chi connectivity index (χ1n) is 7.78. The molecule has 1 aliphatic rings. The highest BCUT2D eigenvalue weighted by Gasteiger charge is 2.20. The van der Waals surface area contributed by atoms with E-state index in [0.717, 1.165) is 18.5 Å². The fraction of sp³-hybridized carbons (Fsp3) is 0.647. The van der Waals surface area contributed by atoms with Crippen molar-refractivity contribution in [2.45, 2.75) is 52.0 Å². The van der Waals surface area contributed by atoms with Crippen LogP contribution in [0.4, 0.5) is 8.78 Å². The first-order valence-corrected chi connectivity index (χ1v) is 7.78. The summed E-state index contributed by atoms with van der Waals surface area (Å²) >= 11 is 0. The second kappa shape index (κ2) is 7.16. The van der Waals surface area contributed by atoms with Gasteiger partial charge < -0.3 is 5.32 Å². The van der Waals surface area contributed by atoms with Crippen molar-refractivity contribution in [3.8, 4) is 0 Å². The number of hydrogen-bond donors (Lipinski definition) is 1. The van der Waals surface area contributed by atoms with Crippen molar-refractivity contribution in [2.75, 3.05) is 6.54 Å². The highest BCUT2D eigenvalue weighted by molar-refractivity contribution is 5.21. The van der Waals surface area contributed by atoms with Gasteiger partial charge in [-0.15, -0.1) is 0 Å². The average molecular weight is 281 g/mol. The summed E-state index contributed by atoms with van der Waals surface area (Å²) in [6, 6.07) is 3.75. The van der Waals surface area contributed by atoms with Crippen LogP contribution in [0.1, 0.15) is 57.6 Å². The van der Waals surface area contributed by atoms with Gasteiger partial charge in [-0.3, -0.25) is 0 Å². The van der Waals surface area contributed by atoms with E-state index in [0.29, 0.717) is 11.5 Å². The molecule has 1 aromatic carbocycles. The lowest BCUT2D eigenvalue weighted by molar-refractivity contribution is 0.257. The summed E-state index contributed by atoms with van der Waals surface area (Å²) < 4.78 is 26.6. The lowest BCUT2D eigenvalue weighted by atomic mass is 9.81. The zero-order valence-electron chi connectivity index (χ0n) is 12.5. The van der Waals surface area contributed by atoms with Gasteiger partial charge in [0.2, 0.25) is 0 Å². The maximum Gasteiger partial charge on any atom is 0.130 e. The minimum Gasteiger partial charge on any atom is -0.310 e. The van der Waals surface area contributed by atoms with Crippen LogP contribution < -0.4 is 5.32 Å². The molecule has 0 heterocycles. The average Bonchev–Trinajstić information content (AvgIpc) is 2.45. The molecule has 0 spiro atoms. The molecule has 1 aromatic rings. The van der Waals surface area contributed by atoms with Crippen LogP contribution >= 0.6 is 0 Å². The molecule has 0 bridgehead atoms. The van der Waals surface area contributed by atoms with Gasteiger partial charge in [0.25, 0.3) is 0 Å². The quantitative estimate of drug-likeness (QED) is 0.815. The molecule has 1 fully saturated rings. The van der Waals surface area contributed by atoms with Crippen LogP contribution in [0.5, 0.6) is 0 Å². The number of nitrogens with one attached hydrogen (secondary N) is 1. The molecule has 2 rings (SSSR count). The largest absolute Gasteiger partial charge is 0.310 e. The Morgan fingerprint density at radius 3 is 2.40 bits per heavy atom. The molecule has 0 aliphatic heterocycles. The third-order valence-corrected chi connectivity index (χ3v) is 4.69. The molecule has 1 unspecified atom stereocenters. The molecule has 1 atom stereocenters. The van der Waals surface area contributed by atoms with Crippen molar-refractivity contribution in [3.05, 3.63) is 35.4 Å². The van der Waals surface area contributed by atoms with E-state index in [2.05, 4.69) is 12.2 Å². The van der Waals surface area contributed by atoms with E-state index >= 15 is 0 Å². The predicted molar refractivity (Wildman–Crippen MR) is 78.5 cm³/mol. The standard InChI is InChI=1S/C17H25F2N/c1-3-13-4-6-14(7-5-13)11-20-12(2)16-9-8-15(18)10-17(16)19/h8-10,12-14,20H,3-7,11H2,1-2H3. The predicted octanol–water partition coefficient (Wildman–Crippen LogP) is 4.83. The maximum atomic E-state index is 13.7. The zero-order chi connectivity index (χ0) is 14.5. The van der Waals surface area contributed by atoms with Crippen molar-refractivity contribution in [3.63, 3.8) is 0 Å². The minimum atomic E-state index is -0.517. The summed E-state index contributed by atoms with van der Waals surface area (Å²) in [6.07, 6.45) is 6.47. The Hall–Kier alpha value is -0.960. The van der Waals surface area contributed by atoms with E-state index in [1.165, 1.54) is 44.2 Å². The van der Waals surface area contributed by atoms with Gasteiger partial charge in [0, 0.05) is 17.7 Å². The van der Waals surface area contributed by atoms with Crippen molar-refractivity contribution in [1.82, 2.24) is 5.32 Å². The van der Waals surface area contributed by atoms with E-state index in [-0.39, 0.29) is 6.04 Å². The van der Waals surface area contributed by atoms with Crippen LogP contribution in [0.15, 0.2) is 18.2 Å². The molecule has 1 saturated carbocycles. The molecule has 0 aromatic heterocycles. The van der Waals surface area contributed by atoms with Gasteiger partial charge in [-0.1, -0.05) is 32.3 Å². The summed E-state index contributed by atoms with van der Waals surface area (Å²) in [6.45, 7) is 5.13. The third kappa shape index (κ3) is 4.02. The van der Waals surface area contributed by atoms with Gasteiger partial charge in [-0.05, 0) is 44.2 Å². The molecular formula is C17H25F2N. The van der Waals surface area contributed by atoms with Gasteiger partial charge in [0.1, 0.15) is 11.6 Å². The van der Waals surface area contributed by atoms with Crippen molar-refractivity contribution in [1.29, 1.82) is 0 Å². The monoisotopic (exact) mass is 281 g/mol. The van der Waals surface area contributed by atoms with Gasteiger partial charge in [-0.25, -0.2) is 8.78 Å². The van der Waals surface area contributed by atoms with Gasteiger partial charge in [0.15, 0.2) is 0 Å². The van der Waals surface area contributed by atoms with Crippen LogP contribution in [0.3, 0.4) is 0 Å². The van der Waals surface area contributed by atoms with Crippen LogP contribution in [0, 0.1) is 23.5 Å². The summed E-state index contributed by atoms with van der Waals surface area (Å²) in [5.74, 6) is 0.623. The summed E-state index contributed by atoms with van der Waals surface area (Å²) in [7, 11) is 0. The fourth-order valence-corrected chi connectivity index (χ4v) is 3.15. The van der Waals surface area contributed by atoms with E-state index < -0.39 is 11.6 Å². The van der Waals surface area contributed by atoms with Crippen LogP contribution in [-0.2, 0) is 0 Å². The second-order valence-corrected chi connectivity index (χ2v) is 6.09. The van der Waals surface area contributed by atoms with Gasteiger partial charge >= 0.3 is 0 Å². The molecule has 20 heavy (non-hydrogen) atoms. The summed E-state index contributed by atoms with van der Waals surface area (Å²) in [5.41, 5.74) is 0.550. The highest BCUT2D eigenvalue weighted by Crippen LogP contribution is 2.30. The topological polar surface area (TPSA) is 12.0 Å². The molecule has 0 amide bonds. The maximum absolute atomic E-state index is 13.7. The Morgan fingerprint density at radius 1 is 1.15 bits per heavy atom.